The van der Waals surface area contributed by atoms with E-state index in [2.05, 4.69) is 5.32 Å². The Morgan fingerprint density at radius 2 is 1.63 bits per heavy atom. The van der Waals surface area contributed by atoms with Gasteiger partial charge in [0.15, 0.2) is 0 Å². The molecule has 0 radical (unpaired) electrons. The van der Waals surface area contributed by atoms with Gasteiger partial charge in [0, 0.05) is 24.3 Å². The topological polar surface area (TPSA) is 50.2 Å². The van der Waals surface area contributed by atoms with Gasteiger partial charge in [-0.3, -0.25) is 4.79 Å². The fourth-order valence-corrected chi connectivity index (χ4v) is 4.20. The first-order valence-electron chi connectivity index (χ1n) is 11.0. The molecule has 0 saturated heterocycles. The van der Waals surface area contributed by atoms with Crippen LogP contribution >= 0.6 is 11.6 Å². The van der Waals surface area contributed by atoms with Gasteiger partial charge in [-0.15, -0.1) is 0 Å². The normalized spacial score (nSPS) is 13.0. The van der Waals surface area contributed by atoms with Gasteiger partial charge in [-0.05, 0) is 60.2 Å². The molecule has 1 aliphatic rings. The number of nitrogens with one attached hydrogen (secondary N) is 1. The Hall–Kier alpha value is -3.78. The summed E-state index contributed by atoms with van der Waals surface area (Å²) < 4.78 is 42.7. The first-order chi connectivity index (χ1) is 16.9. The average molecular weight is 497 g/mol. The first kappa shape index (κ1) is 23.0. The minimum Gasteiger partial charge on any atom is -0.340 e. The van der Waals surface area contributed by atoms with Crippen molar-refractivity contribution < 1.29 is 18.0 Å². The number of amides is 1. The zero-order valence-corrected chi connectivity index (χ0v) is 19.2. The van der Waals surface area contributed by atoms with Gasteiger partial charge in [-0.2, -0.15) is 0 Å². The lowest BCUT2D eigenvalue weighted by Crippen LogP contribution is -2.39. The van der Waals surface area contributed by atoms with Crippen LogP contribution in [0.5, 0.6) is 0 Å². The van der Waals surface area contributed by atoms with Gasteiger partial charge in [0.2, 0.25) is 5.91 Å². The smallest absolute Gasteiger partial charge is 0.227 e. The first-order valence-corrected chi connectivity index (χ1v) is 11.3. The van der Waals surface area contributed by atoms with Crippen LogP contribution < -0.4 is 5.32 Å². The second-order valence-electron chi connectivity index (χ2n) is 8.26. The van der Waals surface area contributed by atoms with Crippen LogP contribution in [-0.2, 0) is 24.3 Å². The van der Waals surface area contributed by atoms with E-state index in [1.165, 1.54) is 36.4 Å². The van der Waals surface area contributed by atoms with Crippen molar-refractivity contribution in [2.75, 3.05) is 11.9 Å². The van der Waals surface area contributed by atoms with Gasteiger partial charge in [0.05, 0.1) is 18.0 Å². The van der Waals surface area contributed by atoms with Crippen LogP contribution in [0, 0.1) is 17.5 Å². The molecule has 0 atom stereocenters. The number of anilines is 2. The largest absolute Gasteiger partial charge is 0.340 e. The Morgan fingerprint density at radius 1 is 0.943 bits per heavy atom. The van der Waals surface area contributed by atoms with E-state index in [0.717, 1.165) is 5.56 Å². The van der Waals surface area contributed by atoms with Crippen molar-refractivity contribution >= 4 is 29.0 Å². The monoisotopic (exact) mass is 496 g/mol. The molecular weight excluding hydrogens is 477 g/mol. The van der Waals surface area contributed by atoms with E-state index in [9.17, 15) is 18.0 Å². The highest BCUT2D eigenvalue weighted by Gasteiger charge is 2.27. The summed E-state index contributed by atoms with van der Waals surface area (Å²) in [7, 11) is 0. The summed E-state index contributed by atoms with van der Waals surface area (Å²) in [5.41, 5.74) is 2.44. The number of carbonyl (C=O) groups excluding carboxylic acids is 1. The summed E-state index contributed by atoms with van der Waals surface area (Å²) in [5.74, 6) is -0.127. The zero-order chi connectivity index (χ0) is 24.5. The van der Waals surface area contributed by atoms with Gasteiger partial charge < -0.3 is 14.8 Å². The molecule has 0 unspecified atom stereocenters. The minimum atomic E-state index is -0.559. The summed E-state index contributed by atoms with van der Waals surface area (Å²) >= 11 is 5.82. The fourth-order valence-electron chi connectivity index (χ4n) is 4.08. The molecule has 0 saturated carbocycles. The molecule has 5 rings (SSSR count). The molecule has 178 valence electrons. The molecule has 0 fully saturated rings. The van der Waals surface area contributed by atoms with Crippen molar-refractivity contribution in [1.29, 1.82) is 0 Å². The molecule has 0 spiro atoms. The number of rotatable bonds is 5. The maximum Gasteiger partial charge on any atom is 0.227 e. The molecule has 5 nitrogen and oxygen atoms in total. The molecule has 3 aromatic carbocycles. The van der Waals surface area contributed by atoms with Gasteiger partial charge in [0.25, 0.3) is 0 Å². The molecule has 2 heterocycles. The number of benzene rings is 3. The summed E-state index contributed by atoms with van der Waals surface area (Å²) in [6.45, 7) is 1.16. The molecule has 1 N–H and O–H groups in total. The molecule has 0 aliphatic carbocycles. The Balaban J connectivity index is 1.45. The van der Waals surface area contributed by atoms with Crippen LogP contribution in [0.1, 0.15) is 11.4 Å². The van der Waals surface area contributed by atoms with E-state index in [1.54, 1.807) is 35.2 Å². The Morgan fingerprint density at radius 3 is 2.31 bits per heavy atom. The number of nitrogens with zero attached hydrogens (tertiary/aromatic N) is 3. The number of fused-ring (bicyclic) bond motifs is 1. The van der Waals surface area contributed by atoms with E-state index < -0.39 is 5.82 Å². The third kappa shape index (κ3) is 4.88. The number of hydrogen-bond donors (Lipinski definition) is 1. The maximum absolute atomic E-state index is 14.1. The molecule has 1 amide bonds. The average Bonchev–Trinajstić information content (AvgIpc) is 3.21. The third-order valence-electron chi connectivity index (χ3n) is 5.89. The highest BCUT2D eigenvalue weighted by atomic mass is 35.5. The lowest BCUT2D eigenvalue weighted by Gasteiger charge is -2.28. The Bertz CT molecular complexity index is 1390. The molecule has 35 heavy (non-hydrogen) atoms. The minimum absolute atomic E-state index is 0.0138. The van der Waals surface area contributed by atoms with Crippen LogP contribution in [0.2, 0.25) is 5.02 Å². The van der Waals surface area contributed by atoms with Crippen molar-refractivity contribution in [3.05, 3.63) is 101 Å². The summed E-state index contributed by atoms with van der Waals surface area (Å²) in [6, 6.07) is 16.2. The quantitative estimate of drug-likeness (QED) is 0.371. The van der Waals surface area contributed by atoms with Gasteiger partial charge in [-0.1, -0.05) is 23.7 Å². The standard InChI is InChI=1S/C26H20ClF3N4O/c27-21-10-9-20(14-22(21)30)31-26-25(17-3-7-19(29)8-4-17)32-23-15-33(11-12-34(23)26)24(35)13-16-1-5-18(28)6-2-16/h1-10,14,31H,11-13,15H2. The SMILES string of the molecule is O=C(Cc1ccc(F)cc1)N1CCn2c(nc(-c3ccc(F)cc3)c2Nc2ccc(Cl)c(F)c2)C1. The third-order valence-corrected chi connectivity index (χ3v) is 6.20. The van der Waals surface area contributed by atoms with Gasteiger partial charge >= 0.3 is 0 Å². The van der Waals surface area contributed by atoms with Crippen LogP contribution in [0.15, 0.2) is 66.7 Å². The second kappa shape index (κ2) is 9.46. The summed E-state index contributed by atoms with van der Waals surface area (Å²) in [6.07, 6.45) is 0.154. The molecule has 1 aromatic heterocycles. The van der Waals surface area contributed by atoms with Crippen LogP contribution in [0.25, 0.3) is 11.3 Å². The highest BCUT2D eigenvalue weighted by Crippen LogP contribution is 2.34. The fraction of sp³-hybridized carbons (Fsp3) is 0.154. The van der Waals surface area contributed by atoms with Gasteiger partial charge in [0.1, 0.15) is 34.8 Å². The van der Waals surface area contributed by atoms with Crippen molar-refractivity contribution in [3.63, 3.8) is 0 Å². The van der Waals surface area contributed by atoms with E-state index in [-0.39, 0.29) is 35.5 Å². The molecule has 1 aliphatic heterocycles. The molecule has 0 bridgehead atoms. The lowest BCUT2D eigenvalue weighted by molar-refractivity contribution is -0.132. The maximum atomic E-state index is 14.1. The second-order valence-corrected chi connectivity index (χ2v) is 8.66. The number of halogens is 4. The predicted octanol–water partition coefficient (Wildman–Crippen LogP) is 5.95. The van der Waals surface area contributed by atoms with Crippen molar-refractivity contribution in [1.82, 2.24) is 14.5 Å². The van der Waals surface area contributed by atoms with Crippen LogP contribution in [0.4, 0.5) is 24.7 Å². The van der Waals surface area contributed by atoms with E-state index in [0.29, 0.717) is 41.7 Å². The predicted molar refractivity (Wildman–Crippen MR) is 128 cm³/mol. The van der Waals surface area contributed by atoms with Crippen LogP contribution in [0.3, 0.4) is 0 Å². The van der Waals surface area contributed by atoms with Gasteiger partial charge in [-0.25, -0.2) is 18.2 Å². The summed E-state index contributed by atoms with van der Waals surface area (Å²) in [4.78, 5) is 19.4. The number of carbonyl (C=O) groups is 1. The molecule has 9 heteroatoms. The van der Waals surface area contributed by atoms with Crippen molar-refractivity contribution in [2.24, 2.45) is 0 Å². The molecule has 4 aromatic rings. The molecular formula is C26H20ClF3N4O. The Kier molecular flexibility index (Phi) is 6.21. The van der Waals surface area contributed by atoms with E-state index >= 15 is 0 Å². The number of hydrogen-bond acceptors (Lipinski definition) is 3. The van der Waals surface area contributed by atoms with Crippen molar-refractivity contribution in [2.45, 2.75) is 19.5 Å². The lowest BCUT2D eigenvalue weighted by atomic mass is 10.1. The number of imidazole rings is 1. The van der Waals surface area contributed by atoms with E-state index in [1.807, 2.05) is 4.57 Å². The zero-order valence-electron chi connectivity index (χ0n) is 18.4. The number of aromatic nitrogens is 2. The van der Waals surface area contributed by atoms with E-state index in [4.69, 9.17) is 16.6 Å². The van der Waals surface area contributed by atoms with Crippen LogP contribution in [-0.4, -0.2) is 26.9 Å². The summed E-state index contributed by atoms with van der Waals surface area (Å²) in [5, 5.41) is 3.23. The Labute approximate surface area is 204 Å². The van der Waals surface area contributed by atoms with Crippen molar-refractivity contribution in [3.8, 4) is 11.3 Å². The highest BCUT2D eigenvalue weighted by molar-refractivity contribution is 6.30.